The van der Waals surface area contributed by atoms with Crippen LogP contribution in [-0.2, 0) is 6.54 Å². The fourth-order valence-corrected chi connectivity index (χ4v) is 3.20. The van der Waals surface area contributed by atoms with Crippen LogP contribution in [-0.4, -0.2) is 28.1 Å². The van der Waals surface area contributed by atoms with Crippen molar-refractivity contribution in [2.75, 3.05) is 13.7 Å². The number of imidazole rings is 1. The normalized spacial score (nSPS) is 22.0. The smallest absolute Gasteiger partial charge is 0.119 e. The summed E-state index contributed by atoms with van der Waals surface area (Å²) >= 11 is 0. The molecule has 1 aliphatic heterocycles. The number of aromatic nitrogens is 2. The second-order valence-corrected chi connectivity index (χ2v) is 6.07. The summed E-state index contributed by atoms with van der Waals surface area (Å²) in [7, 11) is 1.73. The van der Waals surface area contributed by atoms with E-state index in [0.717, 1.165) is 18.8 Å². The molecule has 0 amide bonds. The summed E-state index contributed by atoms with van der Waals surface area (Å²) in [5.74, 6) is 0.947. The average Bonchev–Trinajstić information content (AvgIpc) is 3.23. The third-order valence-electron chi connectivity index (χ3n) is 4.66. The number of nitrogens with zero attached hydrogens (tertiary/aromatic N) is 3. The first-order valence-corrected chi connectivity index (χ1v) is 7.74. The number of hydrogen-bond acceptors (Lipinski definition) is 3. The van der Waals surface area contributed by atoms with Gasteiger partial charge < -0.3 is 9.30 Å². The number of methoxy groups -OCH3 is 1. The van der Waals surface area contributed by atoms with Crippen molar-refractivity contribution in [3.05, 3.63) is 48.0 Å². The standard InChI is InChI=1S/C17H21N3O/c1-21-16-4-2-3-13(9-16)17-7-8-19(17)11-15-10-18-12-20(15)14-5-6-14/h2-4,9-10,12,14,17H,5-8,11H2,1H3. The first-order valence-electron chi connectivity index (χ1n) is 7.74. The second kappa shape index (κ2) is 5.19. The Labute approximate surface area is 125 Å². The van der Waals surface area contributed by atoms with Crippen molar-refractivity contribution in [2.24, 2.45) is 0 Å². The van der Waals surface area contributed by atoms with Crippen molar-refractivity contribution in [1.82, 2.24) is 14.5 Å². The van der Waals surface area contributed by atoms with Gasteiger partial charge in [-0.15, -0.1) is 0 Å². The van der Waals surface area contributed by atoms with E-state index in [0.29, 0.717) is 12.1 Å². The van der Waals surface area contributed by atoms with Crippen LogP contribution in [0, 0.1) is 0 Å². The van der Waals surface area contributed by atoms with Gasteiger partial charge in [0.1, 0.15) is 5.75 Å². The summed E-state index contributed by atoms with van der Waals surface area (Å²) in [4.78, 5) is 6.87. The molecule has 110 valence electrons. The molecule has 1 aromatic carbocycles. The van der Waals surface area contributed by atoms with E-state index in [-0.39, 0.29) is 0 Å². The highest BCUT2D eigenvalue weighted by atomic mass is 16.5. The van der Waals surface area contributed by atoms with Crippen molar-refractivity contribution < 1.29 is 4.74 Å². The molecule has 2 fully saturated rings. The van der Waals surface area contributed by atoms with Crippen molar-refractivity contribution in [2.45, 2.75) is 37.9 Å². The van der Waals surface area contributed by atoms with E-state index in [1.807, 2.05) is 18.6 Å². The maximum absolute atomic E-state index is 5.34. The van der Waals surface area contributed by atoms with Crippen LogP contribution in [0.3, 0.4) is 0 Å². The molecule has 1 atom stereocenters. The minimum absolute atomic E-state index is 0.516. The minimum Gasteiger partial charge on any atom is -0.497 e. The molecule has 4 nitrogen and oxygen atoms in total. The lowest BCUT2D eigenvalue weighted by Gasteiger charge is -2.41. The van der Waals surface area contributed by atoms with E-state index >= 15 is 0 Å². The lowest BCUT2D eigenvalue weighted by molar-refractivity contribution is 0.0788. The minimum atomic E-state index is 0.516. The van der Waals surface area contributed by atoms with Crippen LogP contribution in [0.1, 0.15) is 42.6 Å². The van der Waals surface area contributed by atoms with Gasteiger partial charge in [-0.25, -0.2) is 4.98 Å². The Morgan fingerprint density at radius 2 is 2.19 bits per heavy atom. The first-order chi connectivity index (χ1) is 10.3. The second-order valence-electron chi connectivity index (χ2n) is 6.07. The van der Waals surface area contributed by atoms with Crippen molar-refractivity contribution in [3.8, 4) is 5.75 Å². The number of rotatable bonds is 5. The van der Waals surface area contributed by atoms with E-state index in [2.05, 4.69) is 32.7 Å². The summed E-state index contributed by atoms with van der Waals surface area (Å²) in [5.41, 5.74) is 2.71. The Morgan fingerprint density at radius 1 is 1.29 bits per heavy atom. The molecule has 2 aliphatic rings. The van der Waals surface area contributed by atoms with E-state index in [4.69, 9.17) is 4.74 Å². The van der Waals surface area contributed by atoms with Crippen molar-refractivity contribution in [1.29, 1.82) is 0 Å². The van der Waals surface area contributed by atoms with Gasteiger partial charge in [-0.3, -0.25) is 4.90 Å². The highest BCUT2D eigenvalue weighted by Crippen LogP contribution is 2.38. The molecule has 21 heavy (non-hydrogen) atoms. The predicted molar refractivity (Wildman–Crippen MR) is 81.3 cm³/mol. The largest absolute Gasteiger partial charge is 0.497 e. The summed E-state index contributed by atoms with van der Waals surface area (Å²) in [6.45, 7) is 2.16. The Bertz CT molecular complexity index is 632. The molecular weight excluding hydrogens is 262 g/mol. The molecule has 1 aliphatic carbocycles. The summed E-state index contributed by atoms with van der Waals surface area (Å²) in [6, 6.07) is 9.68. The molecule has 2 heterocycles. The molecule has 1 saturated heterocycles. The van der Waals surface area contributed by atoms with Gasteiger partial charge in [-0.2, -0.15) is 0 Å². The molecule has 4 rings (SSSR count). The van der Waals surface area contributed by atoms with Gasteiger partial charge in [0, 0.05) is 31.4 Å². The van der Waals surface area contributed by atoms with Crippen LogP contribution < -0.4 is 4.74 Å². The number of ether oxygens (including phenoxy) is 1. The Hall–Kier alpha value is -1.81. The predicted octanol–water partition coefficient (Wildman–Crippen LogP) is 3.17. The van der Waals surface area contributed by atoms with Gasteiger partial charge in [-0.1, -0.05) is 12.1 Å². The van der Waals surface area contributed by atoms with Crippen LogP contribution in [0.15, 0.2) is 36.8 Å². The van der Waals surface area contributed by atoms with E-state index < -0.39 is 0 Å². The van der Waals surface area contributed by atoms with Crippen LogP contribution in [0.5, 0.6) is 5.75 Å². The zero-order valence-corrected chi connectivity index (χ0v) is 12.4. The third kappa shape index (κ3) is 2.44. The maximum Gasteiger partial charge on any atom is 0.119 e. The maximum atomic E-state index is 5.34. The Kier molecular flexibility index (Phi) is 3.19. The van der Waals surface area contributed by atoms with Gasteiger partial charge in [0.15, 0.2) is 0 Å². The van der Waals surface area contributed by atoms with Crippen LogP contribution in [0.25, 0.3) is 0 Å². The highest BCUT2D eigenvalue weighted by molar-refractivity contribution is 5.31. The summed E-state index contributed by atoms with van der Waals surface area (Å²) < 4.78 is 7.70. The molecule has 1 unspecified atom stereocenters. The molecular formula is C17H21N3O. The molecule has 0 radical (unpaired) electrons. The van der Waals surface area contributed by atoms with Gasteiger partial charge in [-0.05, 0) is 37.0 Å². The van der Waals surface area contributed by atoms with Crippen LogP contribution in [0.2, 0.25) is 0 Å². The number of benzene rings is 1. The average molecular weight is 283 g/mol. The molecule has 1 saturated carbocycles. The summed E-state index contributed by atoms with van der Waals surface area (Å²) in [5, 5.41) is 0. The summed E-state index contributed by atoms with van der Waals surface area (Å²) in [6.07, 6.45) is 7.86. The van der Waals surface area contributed by atoms with Gasteiger partial charge in [0.2, 0.25) is 0 Å². The zero-order valence-electron chi connectivity index (χ0n) is 12.4. The first kappa shape index (κ1) is 12.9. The van der Waals surface area contributed by atoms with E-state index in [1.54, 1.807) is 7.11 Å². The Morgan fingerprint density at radius 3 is 2.90 bits per heavy atom. The highest BCUT2D eigenvalue weighted by Gasteiger charge is 2.32. The quantitative estimate of drug-likeness (QED) is 0.844. The lowest BCUT2D eigenvalue weighted by atomic mass is 9.94. The Balaban J connectivity index is 1.49. The SMILES string of the molecule is COc1cccc(C2CCN2Cc2cncn2C2CC2)c1. The monoisotopic (exact) mass is 283 g/mol. The van der Waals surface area contributed by atoms with Crippen LogP contribution >= 0.6 is 0 Å². The fourth-order valence-electron chi connectivity index (χ4n) is 3.20. The van der Waals surface area contributed by atoms with Crippen molar-refractivity contribution in [3.63, 3.8) is 0 Å². The molecule has 0 bridgehead atoms. The zero-order chi connectivity index (χ0) is 14.2. The molecule has 1 aromatic heterocycles. The lowest BCUT2D eigenvalue weighted by Crippen LogP contribution is -2.40. The van der Waals surface area contributed by atoms with Crippen molar-refractivity contribution >= 4 is 0 Å². The fraction of sp³-hybridized carbons (Fsp3) is 0.471. The topological polar surface area (TPSA) is 30.3 Å². The van der Waals surface area contributed by atoms with Gasteiger partial charge in [0.05, 0.1) is 19.1 Å². The number of hydrogen-bond donors (Lipinski definition) is 0. The van der Waals surface area contributed by atoms with Gasteiger partial charge >= 0.3 is 0 Å². The van der Waals surface area contributed by atoms with Crippen LogP contribution in [0.4, 0.5) is 0 Å². The van der Waals surface area contributed by atoms with E-state index in [9.17, 15) is 0 Å². The van der Waals surface area contributed by atoms with Gasteiger partial charge in [0.25, 0.3) is 0 Å². The van der Waals surface area contributed by atoms with E-state index in [1.165, 1.54) is 30.5 Å². The molecule has 2 aromatic rings. The molecule has 0 N–H and O–H groups in total. The molecule has 4 heteroatoms. The number of likely N-dealkylation sites (tertiary alicyclic amines) is 1. The third-order valence-corrected chi connectivity index (χ3v) is 4.66. The molecule has 0 spiro atoms.